The number of nitrogens with zero attached hydrogens (tertiary/aromatic N) is 3. The fourth-order valence-electron chi connectivity index (χ4n) is 4.41. The van der Waals surface area contributed by atoms with Crippen molar-refractivity contribution in [3.63, 3.8) is 0 Å². The number of aryl methyl sites for hydroxylation is 1. The number of aromatic nitrogens is 2. The molecule has 0 spiro atoms. The van der Waals surface area contributed by atoms with E-state index in [0.717, 1.165) is 29.8 Å². The van der Waals surface area contributed by atoms with Gasteiger partial charge in [-0.3, -0.25) is 4.79 Å². The van der Waals surface area contributed by atoms with Crippen LogP contribution in [0.3, 0.4) is 0 Å². The molecule has 7 nitrogen and oxygen atoms in total. The van der Waals surface area contributed by atoms with E-state index in [-0.39, 0.29) is 24.3 Å². The van der Waals surface area contributed by atoms with Crippen LogP contribution in [0.5, 0.6) is 11.6 Å². The van der Waals surface area contributed by atoms with Crippen LogP contribution in [0.4, 0.5) is 4.39 Å². The van der Waals surface area contributed by atoms with E-state index >= 15 is 0 Å². The van der Waals surface area contributed by atoms with Gasteiger partial charge < -0.3 is 18.8 Å². The van der Waals surface area contributed by atoms with E-state index in [0.29, 0.717) is 31.2 Å². The van der Waals surface area contributed by atoms with Crippen molar-refractivity contribution in [3.8, 4) is 17.3 Å². The first kappa shape index (κ1) is 23.8. The van der Waals surface area contributed by atoms with Crippen molar-refractivity contribution in [2.45, 2.75) is 38.8 Å². The van der Waals surface area contributed by atoms with Gasteiger partial charge in [-0.2, -0.15) is 5.10 Å². The monoisotopic (exact) mass is 489 g/mol. The van der Waals surface area contributed by atoms with Gasteiger partial charge in [0.05, 0.1) is 35.9 Å². The highest BCUT2D eigenvalue weighted by Crippen LogP contribution is 2.33. The maximum atomic E-state index is 14.0. The van der Waals surface area contributed by atoms with E-state index in [1.165, 1.54) is 18.4 Å². The average molecular weight is 490 g/mol. The molecule has 1 saturated heterocycles. The molecule has 186 valence electrons. The van der Waals surface area contributed by atoms with Crippen LogP contribution in [0.25, 0.3) is 5.69 Å². The van der Waals surface area contributed by atoms with Gasteiger partial charge in [0.1, 0.15) is 11.6 Å². The van der Waals surface area contributed by atoms with Crippen molar-refractivity contribution in [2.24, 2.45) is 0 Å². The molecule has 3 heterocycles. The summed E-state index contributed by atoms with van der Waals surface area (Å²) in [6.45, 7) is 3.35. The summed E-state index contributed by atoms with van der Waals surface area (Å²) >= 11 is 0. The van der Waals surface area contributed by atoms with Gasteiger partial charge in [0.25, 0.3) is 5.91 Å². The lowest BCUT2D eigenvalue weighted by atomic mass is 10.1. The Hall–Kier alpha value is -3.91. The fraction of sp³-hybridized carbons (Fsp3) is 0.286. The predicted molar refractivity (Wildman–Crippen MR) is 132 cm³/mol. The van der Waals surface area contributed by atoms with E-state index < -0.39 is 5.82 Å². The van der Waals surface area contributed by atoms with E-state index in [1.807, 2.05) is 37.3 Å². The summed E-state index contributed by atoms with van der Waals surface area (Å²) in [6, 6.07) is 18.9. The van der Waals surface area contributed by atoms with Crippen LogP contribution in [0.2, 0.25) is 0 Å². The Bertz CT molecular complexity index is 1300. The minimum atomic E-state index is -0.399. The number of benzene rings is 2. The van der Waals surface area contributed by atoms with Crippen LogP contribution in [0.1, 0.15) is 41.6 Å². The van der Waals surface area contributed by atoms with Crippen LogP contribution < -0.4 is 4.74 Å². The maximum Gasteiger partial charge on any atom is 0.289 e. The van der Waals surface area contributed by atoms with Gasteiger partial charge in [-0.05, 0) is 55.7 Å². The summed E-state index contributed by atoms with van der Waals surface area (Å²) in [4.78, 5) is 15.2. The number of carbonyl (C=O) groups is 1. The number of hydrogen-bond acceptors (Lipinski definition) is 5. The molecule has 1 atom stereocenters. The smallest absolute Gasteiger partial charge is 0.289 e. The molecule has 0 bridgehead atoms. The van der Waals surface area contributed by atoms with E-state index in [2.05, 4.69) is 0 Å². The van der Waals surface area contributed by atoms with Crippen molar-refractivity contribution >= 4 is 5.91 Å². The van der Waals surface area contributed by atoms with Crippen molar-refractivity contribution in [1.82, 2.24) is 14.7 Å². The van der Waals surface area contributed by atoms with E-state index in [1.54, 1.807) is 33.8 Å². The van der Waals surface area contributed by atoms with Crippen molar-refractivity contribution < 1.29 is 23.1 Å². The molecule has 2 aromatic carbocycles. The zero-order chi connectivity index (χ0) is 24.9. The number of para-hydroxylation sites is 1. The molecule has 1 aliphatic heterocycles. The molecule has 2 aromatic heterocycles. The zero-order valence-electron chi connectivity index (χ0n) is 20.1. The third kappa shape index (κ3) is 5.18. The molecule has 5 rings (SSSR count). The SMILES string of the molecule is CCc1nn(-c2ccccc2)c(Oc2cccc(F)c2)c1CN(CC1CCCO1)C(=O)c1ccco1. The average Bonchev–Trinajstić information content (AvgIpc) is 3.67. The van der Waals surface area contributed by atoms with Gasteiger partial charge in [-0.1, -0.05) is 31.2 Å². The first-order chi connectivity index (χ1) is 17.6. The standard InChI is InChI=1S/C28H28FN3O4/c1-2-25-24(19-31(18-23-13-7-15-34-23)27(33)26-14-8-16-35-26)28(36-22-12-6-9-20(29)17-22)32(30-25)21-10-4-3-5-11-21/h3-6,8-12,14,16-17,23H,2,7,13,15,18-19H2,1H3. The number of amides is 1. The Balaban J connectivity index is 1.57. The second-order valence-electron chi connectivity index (χ2n) is 8.69. The van der Waals surface area contributed by atoms with E-state index in [4.69, 9.17) is 19.0 Å². The molecule has 1 unspecified atom stereocenters. The van der Waals surface area contributed by atoms with Crippen LogP contribution in [0.15, 0.2) is 77.4 Å². The Morgan fingerprint density at radius 2 is 2.03 bits per heavy atom. The zero-order valence-corrected chi connectivity index (χ0v) is 20.1. The highest BCUT2D eigenvalue weighted by molar-refractivity contribution is 5.91. The normalized spacial score (nSPS) is 15.2. The van der Waals surface area contributed by atoms with Crippen LogP contribution in [-0.2, 0) is 17.7 Å². The van der Waals surface area contributed by atoms with Gasteiger partial charge in [0.15, 0.2) is 5.76 Å². The van der Waals surface area contributed by atoms with Crippen LogP contribution >= 0.6 is 0 Å². The summed E-state index contributed by atoms with van der Waals surface area (Å²) in [5.74, 6) is 0.409. The Morgan fingerprint density at radius 3 is 2.72 bits per heavy atom. The number of furan rings is 1. The Morgan fingerprint density at radius 1 is 1.17 bits per heavy atom. The molecule has 0 aliphatic carbocycles. The van der Waals surface area contributed by atoms with Gasteiger partial charge in [-0.25, -0.2) is 9.07 Å². The summed E-state index contributed by atoms with van der Waals surface area (Å²) in [7, 11) is 0. The summed E-state index contributed by atoms with van der Waals surface area (Å²) in [5, 5.41) is 4.83. The molecule has 0 N–H and O–H groups in total. The van der Waals surface area contributed by atoms with Crippen molar-refractivity contribution in [1.29, 1.82) is 0 Å². The third-order valence-corrected chi connectivity index (χ3v) is 6.18. The first-order valence-electron chi connectivity index (χ1n) is 12.2. The van der Waals surface area contributed by atoms with Gasteiger partial charge in [0.2, 0.25) is 5.88 Å². The lowest BCUT2D eigenvalue weighted by Crippen LogP contribution is -2.37. The summed E-state index contributed by atoms with van der Waals surface area (Å²) in [5.41, 5.74) is 2.34. The highest BCUT2D eigenvalue weighted by Gasteiger charge is 2.29. The van der Waals surface area contributed by atoms with Crippen molar-refractivity contribution in [3.05, 3.63) is 95.8 Å². The predicted octanol–water partition coefficient (Wildman–Crippen LogP) is 5.78. The molecule has 1 fully saturated rings. The molecule has 0 radical (unpaired) electrons. The number of ether oxygens (including phenoxy) is 2. The number of carbonyl (C=O) groups excluding carboxylic acids is 1. The minimum absolute atomic E-state index is 0.0502. The largest absolute Gasteiger partial charge is 0.459 e. The highest BCUT2D eigenvalue weighted by atomic mass is 19.1. The second-order valence-corrected chi connectivity index (χ2v) is 8.69. The topological polar surface area (TPSA) is 69.7 Å². The molecular weight excluding hydrogens is 461 g/mol. The Labute approximate surface area is 209 Å². The second kappa shape index (κ2) is 10.8. The lowest BCUT2D eigenvalue weighted by Gasteiger charge is -2.25. The maximum absolute atomic E-state index is 14.0. The van der Waals surface area contributed by atoms with Crippen molar-refractivity contribution in [2.75, 3.05) is 13.2 Å². The third-order valence-electron chi connectivity index (χ3n) is 6.18. The van der Waals surface area contributed by atoms with Crippen LogP contribution in [0, 0.1) is 5.82 Å². The molecule has 36 heavy (non-hydrogen) atoms. The van der Waals surface area contributed by atoms with Gasteiger partial charge >= 0.3 is 0 Å². The van der Waals surface area contributed by atoms with E-state index in [9.17, 15) is 9.18 Å². The lowest BCUT2D eigenvalue weighted by molar-refractivity contribution is 0.0482. The molecule has 1 aliphatic rings. The first-order valence-corrected chi connectivity index (χ1v) is 12.2. The molecule has 0 saturated carbocycles. The summed E-state index contributed by atoms with van der Waals surface area (Å²) < 4.78 is 33.2. The minimum Gasteiger partial charge on any atom is -0.459 e. The molecule has 1 amide bonds. The van der Waals surface area contributed by atoms with Gasteiger partial charge in [0, 0.05) is 19.2 Å². The summed E-state index contributed by atoms with van der Waals surface area (Å²) in [6.07, 6.45) is 3.91. The van der Waals surface area contributed by atoms with Crippen LogP contribution in [-0.4, -0.2) is 39.8 Å². The Kier molecular flexibility index (Phi) is 7.13. The van der Waals surface area contributed by atoms with Gasteiger partial charge in [-0.15, -0.1) is 0 Å². The number of rotatable bonds is 9. The molecule has 4 aromatic rings. The fourth-order valence-corrected chi connectivity index (χ4v) is 4.41. The number of hydrogen-bond donors (Lipinski definition) is 0. The molecular formula is C28H28FN3O4. The number of halogens is 1. The molecule has 8 heteroatoms. The quantitative estimate of drug-likeness (QED) is 0.298.